The molecule has 0 spiro atoms. The van der Waals surface area contributed by atoms with E-state index in [2.05, 4.69) is 4.98 Å². The highest BCUT2D eigenvalue weighted by Crippen LogP contribution is 2.30. The van der Waals surface area contributed by atoms with Crippen molar-refractivity contribution in [1.29, 1.82) is 0 Å². The van der Waals surface area contributed by atoms with Crippen LogP contribution in [0.2, 0.25) is 0 Å². The largest absolute Gasteiger partial charge is 0.322 e. The molecule has 1 aliphatic rings. The fourth-order valence-corrected chi connectivity index (χ4v) is 4.80. The molecule has 1 saturated carbocycles. The van der Waals surface area contributed by atoms with Gasteiger partial charge in [-0.15, -0.1) is 11.3 Å². The molecule has 5 rings (SSSR count). The van der Waals surface area contributed by atoms with Gasteiger partial charge in [0.05, 0.1) is 11.4 Å². The standard InChI is InChI=1S/C23H20FN3OS/c24-17-8-6-15(7-9-17)12-27(18-10-11-18)13-20-25-22(28)21-19(14-29-23(21)26-20)16-4-2-1-3-5-16/h1-9,14,18H,10-13H2,(H,25,26,28)/p+1. The van der Waals surface area contributed by atoms with Gasteiger partial charge in [-0.1, -0.05) is 42.5 Å². The van der Waals surface area contributed by atoms with E-state index in [1.54, 1.807) is 0 Å². The van der Waals surface area contributed by atoms with Crippen LogP contribution in [0, 0.1) is 5.82 Å². The van der Waals surface area contributed by atoms with Gasteiger partial charge < -0.3 is 9.88 Å². The fraction of sp³-hybridized carbons (Fsp3) is 0.217. The molecule has 0 amide bonds. The van der Waals surface area contributed by atoms with E-state index in [0.717, 1.165) is 28.1 Å². The minimum Gasteiger partial charge on any atom is -0.322 e. The average molecular weight is 407 g/mol. The number of hydrogen-bond donors (Lipinski definition) is 2. The van der Waals surface area contributed by atoms with Gasteiger partial charge in [-0.2, -0.15) is 0 Å². The van der Waals surface area contributed by atoms with Crippen molar-refractivity contribution in [3.63, 3.8) is 0 Å². The molecular formula is C23H21FN3OS+. The van der Waals surface area contributed by atoms with Gasteiger partial charge >= 0.3 is 0 Å². The zero-order valence-corrected chi connectivity index (χ0v) is 16.6. The predicted molar refractivity (Wildman–Crippen MR) is 113 cm³/mol. The third kappa shape index (κ3) is 3.86. The van der Waals surface area contributed by atoms with E-state index in [4.69, 9.17) is 4.98 Å². The number of aromatic amines is 1. The molecule has 4 nitrogen and oxygen atoms in total. The number of nitrogens with one attached hydrogen (secondary N) is 2. The molecule has 1 fully saturated rings. The summed E-state index contributed by atoms with van der Waals surface area (Å²) < 4.78 is 13.2. The first kappa shape index (κ1) is 18.2. The Kier molecular flexibility index (Phi) is 4.73. The third-order valence-corrected chi connectivity index (χ3v) is 6.34. The average Bonchev–Trinajstić information content (AvgIpc) is 3.49. The molecule has 2 aromatic carbocycles. The number of aromatic nitrogens is 2. The highest BCUT2D eigenvalue weighted by molar-refractivity contribution is 7.17. The smallest absolute Gasteiger partial charge is 0.260 e. The van der Waals surface area contributed by atoms with Gasteiger partial charge in [-0.3, -0.25) is 4.79 Å². The Labute approximate surface area is 171 Å². The lowest BCUT2D eigenvalue weighted by molar-refractivity contribution is -0.939. The summed E-state index contributed by atoms with van der Waals surface area (Å²) in [7, 11) is 0. The summed E-state index contributed by atoms with van der Waals surface area (Å²) >= 11 is 1.51. The molecule has 2 heterocycles. The first-order valence-corrected chi connectivity index (χ1v) is 10.7. The number of halogens is 1. The Hall–Kier alpha value is -2.83. The molecule has 0 radical (unpaired) electrons. The Morgan fingerprint density at radius 1 is 1.07 bits per heavy atom. The number of hydrogen-bond acceptors (Lipinski definition) is 3. The van der Waals surface area contributed by atoms with Crippen molar-refractivity contribution in [3.05, 3.63) is 87.5 Å². The molecule has 146 valence electrons. The summed E-state index contributed by atoms with van der Waals surface area (Å²) in [4.78, 5) is 22.8. The van der Waals surface area contributed by atoms with Crippen molar-refractivity contribution < 1.29 is 9.29 Å². The van der Waals surface area contributed by atoms with Gasteiger partial charge in [0.1, 0.15) is 23.7 Å². The van der Waals surface area contributed by atoms with Gasteiger partial charge in [-0.25, -0.2) is 9.37 Å². The molecule has 2 aromatic heterocycles. The van der Waals surface area contributed by atoms with Crippen LogP contribution in [0.3, 0.4) is 0 Å². The third-order valence-electron chi connectivity index (χ3n) is 5.47. The van der Waals surface area contributed by atoms with E-state index in [-0.39, 0.29) is 11.4 Å². The van der Waals surface area contributed by atoms with Crippen LogP contribution >= 0.6 is 11.3 Å². The molecule has 29 heavy (non-hydrogen) atoms. The topological polar surface area (TPSA) is 50.2 Å². The maximum Gasteiger partial charge on any atom is 0.260 e. The quantitative estimate of drug-likeness (QED) is 0.515. The Bertz CT molecular complexity index is 1200. The molecule has 1 atom stereocenters. The second-order valence-corrected chi connectivity index (χ2v) is 8.48. The minimum absolute atomic E-state index is 0.0815. The number of nitrogens with zero attached hydrogens (tertiary/aromatic N) is 1. The Balaban J connectivity index is 1.44. The second kappa shape index (κ2) is 7.54. The SMILES string of the molecule is O=c1[nH]c(C[NH+](Cc2ccc(F)cc2)C2CC2)nc2scc(-c3ccccc3)c12. The van der Waals surface area contributed by atoms with Gasteiger partial charge in [0.15, 0.2) is 5.82 Å². The zero-order chi connectivity index (χ0) is 19.8. The van der Waals surface area contributed by atoms with Crippen LogP contribution in [0.1, 0.15) is 24.2 Å². The van der Waals surface area contributed by atoms with Gasteiger partial charge in [-0.05, 0) is 17.7 Å². The van der Waals surface area contributed by atoms with Crippen LogP contribution in [0.25, 0.3) is 21.3 Å². The number of thiophene rings is 1. The van der Waals surface area contributed by atoms with Crippen molar-refractivity contribution >= 4 is 21.6 Å². The summed E-state index contributed by atoms with van der Waals surface area (Å²) in [6.45, 7) is 1.46. The van der Waals surface area contributed by atoms with Gasteiger partial charge in [0.2, 0.25) is 0 Å². The fourth-order valence-electron chi connectivity index (χ4n) is 3.83. The molecule has 1 unspecified atom stereocenters. The lowest BCUT2D eigenvalue weighted by Gasteiger charge is -2.18. The monoisotopic (exact) mass is 406 g/mol. The highest BCUT2D eigenvalue weighted by atomic mass is 32.1. The number of H-pyrrole nitrogens is 1. The summed E-state index contributed by atoms with van der Waals surface area (Å²) in [5.74, 6) is 0.498. The molecule has 1 aliphatic carbocycles. The van der Waals surface area contributed by atoms with Crippen molar-refractivity contribution in [2.75, 3.05) is 0 Å². The number of benzene rings is 2. The van der Waals surface area contributed by atoms with E-state index in [1.165, 1.54) is 41.2 Å². The van der Waals surface area contributed by atoms with Gasteiger partial charge in [0, 0.05) is 29.3 Å². The lowest BCUT2D eigenvalue weighted by Crippen LogP contribution is -3.10. The van der Waals surface area contributed by atoms with Crippen molar-refractivity contribution in [3.8, 4) is 11.1 Å². The minimum atomic E-state index is -0.218. The van der Waals surface area contributed by atoms with E-state index in [0.29, 0.717) is 23.8 Å². The zero-order valence-electron chi connectivity index (χ0n) is 15.8. The van der Waals surface area contributed by atoms with E-state index >= 15 is 0 Å². The molecule has 4 aromatic rings. The van der Waals surface area contributed by atoms with Crippen molar-refractivity contribution in [2.24, 2.45) is 0 Å². The van der Waals surface area contributed by atoms with Gasteiger partial charge in [0.25, 0.3) is 5.56 Å². The molecule has 0 bridgehead atoms. The van der Waals surface area contributed by atoms with E-state index in [9.17, 15) is 9.18 Å². The number of quaternary nitrogens is 1. The summed E-state index contributed by atoms with van der Waals surface area (Å²) in [5.41, 5.74) is 2.98. The van der Waals surface area contributed by atoms with Crippen LogP contribution < -0.4 is 10.5 Å². The first-order chi connectivity index (χ1) is 14.2. The Morgan fingerprint density at radius 2 is 1.83 bits per heavy atom. The maximum atomic E-state index is 13.2. The molecule has 2 N–H and O–H groups in total. The first-order valence-electron chi connectivity index (χ1n) is 9.82. The second-order valence-electron chi connectivity index (χ2n) is 7.62. The van der Waals surface area contributed by atoms with Crippen molar-refractivity contribution in [1.82, 2.24) is 9.97 Å². The molecule has 6 heteroatoms. The van der Waals surface area contributed by atoms with Crippen LogP contribution in [0.5, 0.6) is 0 Å². The Morgan fingerprint density at radius 3 is 2.55 bits per heavy atom. The maximum absolute atomic E-state index is 13.2. The van der Waals surface area contributed by atoms with Crippen LogP contribution in [0.4, 0.5) is 4.39 Å². The van der Waals surface area contributed by atoms with Crippen LogP contribution in [-0.4, -0.2) is 16.0 Å². The lowest BCUT2D eigenvalue weighted by atomic mass is 10.1. The molecule has 0 aliphatic heterocycles. The van der Waals surface area contributed by atoms with Crippen molar-refractivity contribution in [2.45, 2.75) is 32.0 Å². The summed E-state index contributed by atoms with van der Waals surface area (Å²) in [6.07, 6.45) is 2.36. The molecule has 0 saturated heterocycles. The van der Waals surface area contributed by atoms with E-state index < -0.39 is 0 Å². The molecular weight excluding hydrogens is 385 g/mol. The highest BCUT2D eigenvalue weighted by Gasteiger charge is 2.34. The summed E-state index contributed by atoms with van der Waals surface area (Å²) in [5, 5.41) is 2.67. The predicted octanol–water partition coefficient (Wildman–Crippen LogP) is 3.54. The normalized spacial score (nSPS) is 14.9. The number of rotatable bonds is 6. The number of fused-ring (bicyclic) bond motifs is 1. The summed E-state index contributed by atoms with van der Waals surface area (Å²) in [6, 6.07) is 17.2. The van der Waals surface area contributed by atoms with E-state index in [1.807, 2.05) is 47.8 Å². The van der Waals surface area contributed by atoms with Crippen LogP contribution in [-0.2, 0) is 13.1 Å². The van der Waals surface area contributed by atoms with Crippen LogP contribution in [0.15, 0.2) is 64.8 Å².